The number of thiophene rings is 1. The third-order valence-corrected chi connectivity index (χ3v) is 3.96. The molecule has 0 saturated carbocycles. The fourth-order valence-electron chi connectivity index (χ4n) is 1.69. The average molecular weight is 254 g/mol. The van der Waals surface area contributed by atoms with Gasteiger partial charge in [-0.05, 0) is 24.8 Å². The van der Waals surface area contributed by atoms with Crippen LogP contribution in [-0.4, -0.2) is 18.5 Å². The van der Waals surface area contributed by atoms with Crippen LogP contribution in [0.5, 0.6) is 0 Å². The molecule has 0 bridgehead atoms. The van der Waals surface area contributed by atoms with Crippen LogP contribution in [0.3, 0.4) is 0 Å². The zero-order chi connectivity index (χ0) is 12.7. The molecule has 17 heavy (non-hydrogen) atoms. The summed E-state index contributed by atoms with van der Waals surface area (Å²) in [5.41, 5.74) is 5.67. The van der Waals surface area contributed by atoms with Crippen molar-refractivity contribution in [3.8, 4) is 0 Å². The highest BCUT2D eigenvalue weighted by molar-refractivity contribution is 7.10. The predicted octanol–water partition coefficient (Wildman–Crippen LogP) is 2.49. The van der Waals surface area contributed by atoms with Gasteiger partial charge in [0.25, 0.3) is 0 Å². The zero-order valence-corrected chi connectivity index (χ0v) is 11.4. The molecule has 2 unspecified atom stereocenters. The highest BCUT2D eigenvalue weighted by Gasteiger charge is 2.18. The number of hydrogen-bond acceptors (Lipinski definition) is 3. The van der Waals surface area contributed by atoms with E-state index in [1.165, 1.54) is 0 Å². The Bertz CT molecular complexity index is 324. The maximum atomic E-state index is 12.0. The van der Waals surface area contributed by atoms with E-state index < -0.39 is 0 Å². The number of nitrogens with one attached hydrogen (secondary N) is 1. The van der Waals surface area contributed by atoms with Gasteiger partial charge in [0, 0.05) is 17.5 Å². The summed E-state index contributed by atoms with van der Waals surface area (Å²) < 4.78 is 0. The smallest absolute Gasteiger partial charge is 0.228 e. The lowest BCUT2D eigenvalue weighted by Crippen LogP contribution is -2.41. The minimum absolute atomic E-state index is 0.0781. The van der Waals surface area contributed by atoms with Gasteiger partial charge in [0.15, 0.2) is 0 Å². The molecule has 0 aliphatic carbocycles. The summed E-state index contributed by atoms with van der Waals surface area (Å²) >= 11 is 1.62. The molecular formula is C13H22N2OS. The Morgan fingerprint density at radius 3 is 2.88 bits per heavy atom. The molecule has 0 radical (unpaired) electrons. The lowest BCUT2D eigenvalue weighted by molar-refractivity contribution is -0.122. The summed E-state index contributed by atoms with van der Waals surface area (Å²) in [7, 11) is 0. The standard InChI is InChI=1S/C13H22N2OS/c1-3-4-6-11(9-14)15-13(16)10(2)12-7-5-8-17-12/h5,7-8,10-11H,3-4,6,9,14H2,1-2H3,(H,15,16). The molecule has 0 fully saturated rings. The third-order valence-electron chi connectivity index (χ3n) is 2.90. The Labute approximate surface area is 107 Å². The second-order valence-corrected chi connectivity index (χ2v) is 5.30. The van der Waals surface area contributed by atoms with Gasteiger partial charge in [0.2, 0.25) is 5.91 Å². The van der Waals surface area contributed by atoms with Crippen molar-refractivity contribution in [1.29, 1.82) is 0 Å². The van der Waals surface area contributed by atoms with E-state index in [0.29, 0.717) is 6.54 Å². The largest absolute Gasteiger partial charge is 0.352 e. The molecule has 0 saturated heterocycles. The minimum Gasteiger partial charge on any atom is -0.352 e. The van der Waals surface area contributed by atoms with Crippen molar-refractivity contribution in [1.82, 2.24) is 5.32 Å². The summed E-state index contributed by atoms with van der Waals surface area (Å²) in [6, 6.07) is 4.09. The molecule has 4 heteroatoms. The Morgan fingerprint density at radius 1 is 1.59 bits per heavy atom. The van der Waals surface area contributed by atoms with E-state index in [1.807, 2.05) is 24.4 Å². The maximum absolute atomic E-state index is 12.0. The van der Waals surface area contributed by atoms with Crippen LogP contribution < -0.4 is 11.1 Å². The molecule has 3 nitrogen and oxygen atoms in total. The fourth-order valence-corrected chi connectivity index (χ4v) is 2.48. The van der Waals surface area contributed by atoms with Gasteiger partial charge in [-0.25, -0.2) is 0 Å². The minimum atomic E-state index is -0.0781. The quantitative estimate of drug-likeness (QED) is 0.785. The number of hydrogen-bond donors (Lipinski definition) is 2. The van der Waals surface area contributed by atoms with E-state index >= 15 is 0 Å². The summed E-state index contributed by atoms with van der Waals surface area (Å²) in [5.74, 6) is 0.00433. The molecule has 0 aromatic carbocycles. The summed E-state index contributed by atoms with van der Waals surface area (Å²) in [4.78, 5) is 13.1. The molecule has 0 spiro atoms. The summed E-state index contributed by atoms with van der Waals surface area (Å²) in [6.45, 7) is 4.60. The Hall–Kier alpha value is -0.870. The van der Waals surface area contributed by atoms with E-state index in [0.717, 1.165) is 24.1 Å². The Balaban J connectivity index is 2.46. The van der Waals surface area contributed by atoms with Gasteiger partial charge in [-0.2, -0.15) is 0 Å². The lowest BCUT2D eigenvalue weighted by Gasteiger charge is -2.19. The number of carbonyl (C=O) groups excluding carboxylic acids is 1. The molecule has 2 atom stereocenters. The number of amides is 1. The molecule has 1 aromatic heterocycles. The van der Waals surface area contributed by atoms with Crippen molar-refractivity contribution in [2.24, 2.45) is 5.73 Å². The molecule has 1 amide bonds. The topological polar surface area (TPSA) is 55.1 Å². The highest BCUT2D eigenvalue weighted by atomic mass is 32.1. The van der Waals surface area contributed by atoms with Gasteiger partial charge in [-0.3, -0.25) is 4.79 Å². The number of rotatable bonds is 7. The summed E-state index contributed by atoms with van der Waals surface area (Å²) in [5, 5.41) is 5.03. The molecular weight excluding hydrogens is 232 g/mol. The van der Waals surface area contributed by atoms with Crippen molar-refractivity contribution >= 4 is 17.2 Å². The molecule has 0 aliphatic heterocycles. The van der Waals surface area contributed by atoms with Crippen molar-refractivity contribution in [3.63, 3.8) is 0 Å². The monoisotopic (exact) mass is 254 g/mol. The normalized spacial score (nSPS) is 14.3. The molecule has 96 valence electrons. The van der Waals surface area contributed by atoms with Crippen LogP contribution in [0.1, 0.15) is 43.9 Å². The number of unbranched alkanes of at least 4 members (excludes halogenated alkanes) is 1. The van der Waals surface area contributed by atoms with E-state index in [2.05, 4.69) is 12.2 Å². The van der Waals surface area contributed by atoms with Crippen molar-refractivity contribution < 1.29 is 4.79 Å². The first-order valence-electron chi connectivity index (χ1n) is 6.22. The number of carbonyl (C=O) groups is 1. The van der Waals surface area contributed by atoms with Crippen LogP contribution in [0.15, 0.2) is 17.5 Å². The van der Waals surface area contributed by atoms with Gasteiger partial charge in [0.1, 0.15) is 0 Å². The lowest BCUT2D eigenvalue weighted by atomic mass is 10.1. The van der Waals surface area contributed by atoms with Crippen molar-refractivity contribution in [2.45, 2.75) is 45.1 Å². The highest BCUT2D eigenvalue weighted by Crippen LogP contribution is 2.20. The molecule has 1 aromatic rings. The zero-order valence-electron chi connectivity index (χ0n) is 10.6. The average Bonchev–Trinajstić information content (AvgIpc) is 2.86. The van der Waals surface area contributed by atoms with Crippen LogP contribution in [0.25, 0.3) is 0 Å². The van der Waals surface area contributed by atoms with Gasteiger partial charge in [-0.15, -0.1) is 11.3 Å². The maximum Gasteiger partial charge on any atom is 0.228 e. The van der Waals surface area contributed by atoms with Crippen LogP contribution in [0, 0.1) is 0 Å². The first kappa shape index (κ1) is 14.2. The fraction of sp³-hybridized carbons (Fsp3) is 0.615. The van der Waals surface area contributed by atoms with Crippen LogP contribution in [0.4, 0.5) is 0 Å². The van der Waals surface area contributed by atoms with E-state index in [-0.39, 0.29) is 17.9 Å². The molecule has 1 heterocycles. The first-order valence-corrected chi connectivity index (χ1v) is 7.10. The summed E-state index contributed by atoms with van der Waals surface area (Å²) in [6.07, 6.45) is 3.21. The van der Waals surface area contributed by atoms with Crippen LogP contribution in [0.2, 0.25) is 0 Å². The van der Waals surface area contributed by atoms with Crippen LogP contribution in [-0.2, 0) is 4.79 Å². The second-order valence-electron chi connectivity index (χ2n) is 4.32. The van der Waals surface area contributed by atoms with Crippen molar-refractivity contribution in [2.75, 3.05) is 6.54 Å². The van der Waals surface area contributed by atoms with Gasteiger partial charge in [-0.1, -0.05) is 25.8 Å². The Kier molecular flexibility index (Phi) is 6.22. The molecule has 0 aliphatic rings. The molecule has 3 N–H and O–H groups in total. The van der Waals surface area contributed by atoms with Gasteiger partial charge < -0.3 is 11.1 Å². The first-order chi connectivity index (χ1) is 8.19. The van der Waals surface area contributed by atoms with Crippen molar-refractivity contribution in [3.05, 3.63) is 22.4 Å². The molecule has 1 rings (SSSR count). The van der Waals surface area contributed by atoms with Crippen LogP contribution >= 0.6 is 11.3 Å². The van der Waals surface area contributed by atoms with Gasteiger partial charge >= 0.3 is 0 Å². The second kappa shape index (κ2) is 7.45. The Morgan fingerprint density at radius 2 is 2.35 bits per heavy atom. The van der Waals surface area contributed by atoms with E-state index in [1.54, 1.807) is 11.3 Å². The van der Waals surface area contributed by atoms with Gasteiger partial charge in [0.05, 0.1) is 5.92 Å². The van der Waals surface area contributed by atoms with E-state index in [4.69, 9.17) is 5.73 Å². The van der Waals surface area contributed by atoms with E-state index in [9.17, 15) is 4.79 Å². The number of nitrogens with two attached hydrogens (primary N) is 1. The SMILES string of the molecule is CCCCC(CN)NC(=O)C(C)c1cccs1. The third kappa shape index (κ3) is 4.48. The predicted molar refractivity (Wildman–Crippen MR) is 73.2 cm³/mol.